The van der Waals surface area contributed by atoms with Crippen molar-refractivity contribution in [2.24, 2.45) is 0 Å². The Balaban J connectivity index is 1.57. The number of nitrogens with one attached hydrogen (secondary N) is 1. The molecule has 3 fully saturated rings. The van der Waals surface area contributed by atoms with Crippen LogP contribution in [-0.4, -0.2) is 164 Å². The molecule has 1 aromatic carbocycles. The van der Waals surface area contributed by atoms with Crippen molar-refractivity contribution in [1.29, 1.82) is 0 Å². The number of hydrogen-bond acceptors (Lipinski definition) is 16. The number of hydrogen-bond donors (Lipinski definition) is 10. The first-order chi connectivity index (χ1) is 21.0. The molecule has 0 unspecified atom stereocenters. The molecule has 17 heteroatoms. The van der Waals surface area contributed by atoms with Gasteiger partial charge in [0.2, 0.25) is 5.91 Å². The zero-order valence-electron chi connectivity index (χ0n) is 23.8. The van der Waals surface area contributed by atoms with Crippen LogP contribution in [0.15, 0.2) is 30.3 Å². The van der Waals surface area contributed by atoms with Crippen molar-refractivity contribution in [1.82, 2.24) is 5.32 Å². The van der Waals surface area contributed by atoms with Crippen molar-refractivity contribution in [2.45, 2.75) is 106 Å². The Morgan fingerprint density at radius 1 is 0.818 bits per heavy atom. The molecule has 44 heavy (non-hydrogen) atoms. The van der Waals surface area contributed by atoms with E-state index in [1.807, 2.05) is 0 Å². The number of rotatable bonds is 12. The number of aliphatic hydroxyl groups is 9. The molecule has 0 saturated carbocycles. The van der Waals surface area contributed by atoms with E-state index in [2.05, 4.69) is 5.32 Å². The number of benzene rings is 1. The van der Waals surface area contributed by atoms with Crippen LogP contribution in [-0.2, 0) is 39.8 Å². The number of carbonyl (C=O) groups is 1. The number of ether oxygens (including phenoxy) is 6. The Labute approximate surface area is 252 Å². The number of carbonyl (C=O) groups excluding carboxylic acids is 1. The topological polar surface area (TPSA) is 267 Å². The van der Waals surface area contributed by atoms with Crippen molar-refractivity contribution in [3.63, 3.8) is 0 Å². The van der Waals surface area contributed by atoms with Gasteiger partial charge in [-0.2, -0.15) is 0 Å². The Morgan fingerprint density at radius 2 is 1.48 bits per heavy atom. The summed E-state index contributed by atoms with van der Waals surface area (Å²) >= 11 is 0. The van der Waals surface area contributed by atoms with E-state index in [1.54, 1.807) is 30.3 Å². The van der Waals surface area contributed by atoms with Crippen LogP contribution in [0.2, 0.25) is 0 Å². The summed E-state index contributed by atoms with van der Waals surface area (Å²) in [5, 5.41) is 94.3. The summed E-state index contributed by atoms with van der Waals surface area (Å²) < 4.78 is 34.3. The van der Waals surface area contributed by atoms with E-state index in [0.29, 0.717) is 0 Å². The normalized spacial score (nSPS) is 41.8. The standard InChI is InChI=1S/C27H41NO16/c1-11(31)28-16-18(34)24(44-27-22(38)20(36)23(43-27)13(32)7-29)15(42-25(16)39-9-12-5-3-2-4-6-12)10-40-26-21(37)19(35)17(33)14(8-30)41-26/h2-6,13-27,29-30,32-38H,7-10H2,1H3,(H,28,31)/t13-,14+,15+,16+,17-,18+,19-,20-,21+,22-,23+,24+,25-,26+,27+/m0/s1. The Bertz CT molecular complexity index is 1040. The molecule has 0 radical (unpaired) electrons. The third-order valence-electron chi connectivity index (χ3n) is 7.69. The molecule has 15 atom stereocenters. The van der Waals surface area contributed by atoms with Gasteiger partial charge in [0.1, 0.15) is 73.2 Å². The lowest BCUT2D eigenvalue weighted by Gasteiger charge is -2.46. The first-order valence-electron chi connectivity index (χ1n) is 14.1. The number of aliphatic hydroxyl groups excluding tert-OH is 9. The van der Waals surface area contributed by atoms with Gasteiger partial charge in [-0.05, 0) is 5.56 Å². The molecule has 3 saturated heterocycles. The van der Waals surface area contributed by atoms with Crippen molar-refractivity contribution in [3.8, 4) is 0 Å². The van der Waals surface area contributed by atoms with E-state index in [4.69, 9.17) is 28.4 Å². The summed E-state index contributed by atoms with van der Waals surface area (Å²) in [7, 11) is 0. The molecule has 4 rings (SSSR count). The van der Waals surface area contributed by atoms with E-state index in [1.165, 1.54) is 6.92 Å². The van der Waals surface area contributed by atoms with Gasteiger partial charge in [0.25, 0.3) is 0 Å². The maximum absolute atomic E-state index is 12.1. The smallest absolute Gasteiger partial charge is 0.217 e. The predicted molar refractivity (Wildman–Crippen MR) is 142 cm³/mol. The summed E-state index contributed by atoms with van der Waals surface area (Å²) in [6.07, 6.45) is -21.8. The lowest BCUT2D eigenvalue weighted by Crippen LogP contribution is -2.66. The first-order valence-corrected chi connectivity index (χ1v) is 14.1. The Morgan fingerprint density at radius 3 is 2.11 bits per heavy atom. The highest BCUT2D eigenvalue weighted by molar-refractivity contribution is 5.73. The molecule has 3 aliphatic heterocycles. The van der Waals surface area contributed by atoms with Crippen LogP contribution >= 0.6 is 0 Å². The van der Waals surface area contributed by atoms with Crippen molar-refractivity contribution >= 4 is 5.91 Å². The third kappa shape index (κ3) is 7.89. The summed E-state index contributed by atoms with van der Waals surface area (Å²) in [6, 6.07) is 7.68. The van der Waals surface area contributed by atoms with E-state index in [0.717, 1.165) is 5.56 Å². The fourth-order valence-electron chi connectivity index (χ4n) is 5.26. The van der Waals surface area contributed by atoms with Gasteiger partial charge < -0.3 is 79.7 Å². The maximum atomic E-state index is 12.1. The quantitative estimate of drug-likeness (QED) is 0.103. The summed E-state index contributed by atoms with van der Waals surface area (Å²) in [5.41, 5.74) is 0.740. The zero-order chi connectivity index (χ0) is 32.1. The Hall–Kier alpha value is -1.91. The number of amides is 1. The molecule has 0 spiro atoms. The molecule has 10 N–H and O–H groups in total. The molecular weight excluding hydrogens is 594 g/mol. The molecule has 3 aliphatic rings. The molecule has 3 heterocycles. The zero-order valence-corrected chi connectivity index (χ0v) is 23.8. The molecule has 250 valence electrons. The van der Waals surface area contributed by atoms with E-state index < -0.39 is 118 Å². The highest BCUT2D eigenvalue weighted by atomic mass is 16.8. The van der Waals surface area contributed by atoms with Crippen LogP contribution in [0.4, 0.5) is 0 Å². The van der Waals surface area contributed by atoms with Crippen LogP contribution in [0.25, 0.3) is 0 Å². The highest BCUT2D eigenvalue weighted by Gasteiger charge is 2.53. The second kappa shape index (κ2) is 15.6. The van der Waals surface area contributed by atoms with Gasteiger partial charge in [0.15, 0.2) is 18.9 Å². The summed E-state index contributed by atoms with van der Waals surface area (Å²) in [5.74, 6) is -0.556. The molecule has 1 amide bonds. The van der Waals surface area contributed by atoms with Crippen LogP contribution in [0.3, 0.4) is 0 Å². The molecule has 0 aromatic heterocycles. The largest absolute Gasteiger partial charge is 0.394 e. The summed E-state index contributed by atoms with van der Waals surface area (Å²) in [4.78, 5) is 12.1. The van der Waals surface area contributed by atoms with Gasteiger partial charge in [0.05, 0.1) is 26.4 Å². The van der Waals surface area contributed by atoms with Crippen LogP contribution in [0.1, 0.15) is 12.5 Å². The fraction of sp³-hybridized carbons (Fsp3) is 0.741. The lowest BCUT2D eigenvalue weighted by molar-refractivity contribution is -0.335. The maximum Gasteiger partial charge on any atom is 0.217 e. The van der Waals surface area contributed by atoms with Crippen molar-refractivity contribution in [3.05, 3.63) is 35.9 Å². The van der Waals surface area contributed by atoms with Crippen molar-refractivity contribution in [2.75, 3.05) is 19.8 Å². The molecule has 0 bridgehead atoms. The van der Waals surface area contributed by atoms with Crippen LogP contribution in [0, 0.1) is 0 Å². The minimum Gasteiger partial charge on any atom is -0.394 e. The molecule has 1 aromatic rings. The van der Waals surface area contributed by atoms with Crippen molar-refractivity contribution < 1.29 is 79.2 Å². The van der Waals surface area contributed by atoms with Gasteiger partial charge in [-0.25, -0.2) is 0 Å². The van der Waals surface area contributed by atoms with E-state index in [-0.39, 0.29) is 6.61 Å². The van der Waals surface area contributed by atoms with Crippen LogP contribution in [0.5, 0.6) is 0 Å². The minimum atomic E-state index is -1.76. The molecule has 0 aliphatic carbocycles. The van der Waals surface area contributed by atoms with Gasteiger partial charge in [0, 0.05) is 6.92 Å². The minimum absolute atomic E-state index is 0.00249. The van der Waals surface area contributed by atoms with Crippen LogP contribution < -0.4 is 5.32 Å². The third-order valence-corrected chi connectivity index (χ3v) is 7.69. The van der Waals surface area contributed by atoms with E-state index in [9.17, 15) is 50.8 Å². The first kappa shape index (κ1) is 35.0. The predicted octanol–water partition coefficient (Wildman–Crippen LogP) is -5.20. The summed E-state index contributed by atoms with van der Waals surface area (Å²) in [6.45, 7) is -0.847. The van der Waals surface area contributed by atoms with Gasteiger partial charge in [-0.15, -0.1) is 0 Å². The fourth-order valence-corrected chi connectivity index (χ4v) is 5.26. The average molecular weight is 636 g/mol. The Kier molecular flexibility index (Phi) is 12.4. The molecule has 17 nitrogen and oxygen atoms in total. The highest BCUT2D eigenvalue weighted by Crippen LogP contribution is 2.32. The SMILES string of the molecule is CC(=O)N[C@H]1[C@@H](OCc2ccccc2)O[C@H](CO[C@@H]2O[C@H](CO)[C@H](O)[C@H](O)[C@H]2O)[C@@H](O[C@H]2O[C@H]([C@@H](O)CO)[C@@H](O)[C@@H]2O)[C@@H]1O. The molecular formula is C27H41NO16. The van der Waals surface area contributed by atoms with Gasteiger partial charge in [-0.1, -0.05) is 30.3 Å². The lowest BCUT2D eigenvalue weighted by atomic mass is 9.96. The second-order valence-electron chi connectivity index (χ2n) is 10.9. The second-order valence-corrected chi connectivity index (χ2v) is 10.9. The van der Waals surface area contributed by atoms with Gasteiger partial charge in [-0.3, -0.25) is 4.79 Å². The van der Waals surface area contributed by atoms with Gasteiger partial charge >= 0.3 is 0 Å². The monoisotopic (exact) mass is 635 g/mol. The average Bonchev–Trinajstić information content (AvgIpc) is 3.30. The van der Waals surface area contributed by atoms with E-state index >= 15 is 0 Å².